The van der Waals surface area contributed by atoms with Gasteiger partial charge in [0.2, 0.25) is 0 Å². The third kappa shape index (κ3) is 5.24. The van der Waals surface area contributed by atoms with E-state index in [0.29, 0.717) is 28.2 Å². The lowest BCUT2D eigenvalue weighted by atomic mass is 10.3. The van der Waals surface area contributed by atoms with Crippen molar-refractivity contribution in [2.24, 2.45) is 0 Å². The average Bonchev–Trinajstić information content (AvgIpc) is 3.39. The van der Waals surface area contributed by atoms with Crippen molar-refractivity contribution in [1.82, 2.24) is 10.2 Å². The molecule has 0 atom stereocenters. The lowest BCUT2D eigenvalue weighted by molar-refractivity contribution is -0.123. The second-order valence-electron chi connectivity index (χ2n) is 6.75. The maximum absolute atomic E-state index is 12.5. The summed E-state index contributed by atoms with van der Waals surface area (Å²) < 4.78 is 32.1. The molecule has 152 valence electrons. The Morgan fingerprint density at radius 2 is 1.93 bits per heavy atom. The summed E-state index contributed by atoms with van der Waals surface area (Å²) in [5.41, 5.74) is 0.522. The molecule has 0 unspecified atom stereocenters. The molecule has 0 bridgehead atoms. The van der Waals surface area contributed by atoms with Gasteiger partial charge in [-0.25, -0.2) is 8.42 Å². The van der Waals surface area contributed by atoms with Gasteiger partial charge in [-0.15, -0.1) is 11.3 Å². The summed E-state index contributed by atoms with van der Waals surface area (Å²) >= 11 is 1.18. The van der Waals surface area contributed by atoms with Crippen molar-refractivity contribution in [1.29, 1.82) is 0 Å². The predicted octanol–water partition coefficient (Wildman–Crippen LogP) is 2.16. The van der Waals surface area contributed by atoms with E-state index in [-0.39, 0.29) is 12.5 Å². The van der Waals surface area contributed by atoms with Crippen LogP contribution in [0.3, 0.4) is 0 Å². The van der Waals surface area contributed by atoms with Gasteiger partial charge in [-0.1, -0.05) is 6.07 Å². The third-order valence-electron chi connectivity index (χ3n) is 4.64. The summed E-state index contributed by atoms with van der Waals surface area (Å²) in [6.45, 7) is 1.35. The number of rotatable bonds is 10. The highest BCUT2D eigenvalue weighted by molar-refractivity contribution is 7.94. The molecular formula is C19H25N3O4S2. The van der Waals surface area contributed by atoms with Gasteiger partial charge in [-0.3, -0.25) is 9.10 Å². The van der Waals surface area contributed by atoms with Gasteiger partial charge in [0.25, 0.3) is 15.9 Å². The van der Waals surface area contributed by atoms with Crippen LogP contribution in [0.4, 0.5) is 5.69 Å². The quantitative estimate of drug-likeness (QED) is 0.634. The van der Waals surface area contributed by atoms with E-state index < -0.39 is 10.0 Å². The molecule has 1 N–H and O–H groups in total. The highest BCUT2D eigenvalue weighted by Gasteiger charge is 2.25. The van der Waals surface area contributed by atoms with Crippen molar-refractivity contribution in [3.63, 3.8) is 0 Å². The van der Waals surface area contributed by atoms with Crippen molar-refractivity contribution in [3.8, 4) is 5.75 Å². The van der Waals surface area contributed by atoms with E-state index in [4.69, 9.17) is 4.74 Å². The molecule has 1 aliphatic carbocycles. The fourth-order valence-electron chi connectivity index (χ4n) is 2.71. The SMILES string of the molecule is CN(CCNC(=O)COc1ccc(N(C)S(=O)(=O)c2cccs2)cc1)C1CC1. The van der Waals surface area contributed by atoms with Gasteiger partial charge in [-0.2, -0.15) is 0 Å². The van der Waals surface area contributed by atoms with Crippen molar-refractivity contribution >= 4 is 33.0 Å². The molecule has 1 aromatic carbocycles. The smallest absolute Gasteiger partial charge is 0.273 e. The van der Waals surface area contributed by atoms with Gasteiger partial charge in [0.1, 0.15) is 9.96 Å². The summed E-state index contributed by atoms with van der Waals surface area (Å²) in [4.78, 5) is 14.1. The summed E-state index contributed by atoms with van der Waals surface area (Å²) in [5, 5.41) is 4.57. The van der Waals surface area contributed by atoms with Crippen LogP contribution in [-0.2, 0) is 14.8 Å². The molecule has 3 rings (SSSR count). The summed E-state index contributed by atoms with van der Waals surface area (Å²) in [7, 11) is 0.0145. The number of carbonyl (C=O) groups is 1. The van der Waals surface area contributed by atoms with E-state index in [2.05, 4.69) is 17.3 Å². The van der Waals surface area contributed by atoms with Crippen molar-refractivity contribution in [2.45, 2.75) is 23.1 Å². The maximum atomic E-state index is 12.5. The van der Waals surface area contributed by atoms with Crippen LogP contribution in [-0.4, -0.2) is 59.1 Å². The first-order chi connectivity index (χ1) is 13.4. The molecule has 0 spiro atoms. The average molecular weight is 424 g/mol. The molecule has 1 aromatic heterocycles. The van der Waals surface area contributed by atoms with Crippen LogP contribution in [0.15, 0.2) is 46.0 Å². The minimum Gasteiger partial charge on any atom is -0.484 e. The Kier molecular flexibility index (Phi) is 6.58. The van der Waals surface area contributed by atoms with Gasteiger partial charge >= 0.3 is 0 Å². The van der Waals surface area contributed by atoms with E-state index in [1.807, 2.05) is 0 Å². The van der Waals surface area contributed by atoms with Gasteiger partial charge in [0, 0.05) is 26.2 Å². The first-order valence-corrected chi connectivity index (χ1v) is 11.4. The molecule has 0 saturated heterocycles. The van der Waals surface area contributed by atoms with Crippen LogP contribution < -0.4 is 14.4 Å². The number of hydrogen-bond donors (Lipinski definition) is 1. The van der Waals surface area contributed by atoms with Gasteiger partial charge in [0.15, 0.2) is 6.61 Å². The molecule has 0 aliphatic heterocycles. The van der Waals surface area contributed by atoms with E-state index in [9.17, 15) is 13.2 Å². The number of thiophene rings is 1. The summed E-state index contributed by atoms with van der Waals surface area (Å²) in [6.07, 6.45) is 2.49. The molecule has 0 radical (unpaired) electrons. The number of amides is 1. The van der Waals surface area contributed by atoms with Crippen LogP contribution in [0.25, 0.3) is 0 Å². The fourth-order valence-corrected chi connectivity index (χ4v) is 5.06. The first-order valence-electron chi connectivity index (χ1n) is 9.10. The Morgan fingerprint density at radius 3 is 2.54 bits per heavy atom. The zero-order chi connectivity index (χ0) is 20.1. The summed E-state index contributed by atoms with van der Waals surface area (Å²) in [5.74, 6) is 0.335. The minimum absolute atomic E-state index is 0.0736. The van der Waals surface area contributed by atoms with Crippen molar-refractivity contribution < 1.29 is 17.9 Å². The topological polar surface area (TPSA) is 79.0 Å². The van der Waals surface area contributed by atoms with Gasteiger partial charge in [0.05, 0.1) is 5.69 Å². The van der Waals surface area contributed by atoms with Crippen LogP contribution in [0.1, 0.15) is 12.8 Å². The zero-order valence-corrected chi connectivity index (χ0v) is 17.6. The number of nitrogens with one attached hydrogen (secondary N) is 1. The number of likely N-dealkylation sites (N-methyl/N-ethyl adjacent to an activating group) is 1. The van der Waals surface area contributed by atoms with Crippen molar-refractivity contribution in [2.75, 3.05) is 38.1 Å². The number of ether oxygens (including phenoxy) is 1. The van der Waals surface area contributed by atoms with Crippen LogP contribution in [0.5, 0.6) is 5.75 Å². The Bertz CT molecular complexity index is 878. The zero-order valence-electron chi connectivity index (χ0n) is 16.0. The fraction of sp³-hybridized carbons (Fsp3) is 0.421. The van der Waals surface area contributed by atoms with Gasteiger partial charge < -0.3 is 15.0 Å². The van der Waals surface area contributed by atoms with E-state index >= 15 is 0 Å². The lowest BCUT2D eigenvalue weighted by Crippen LogP contribution is -2.36. The molecule has 1 amide bonds. The third-order valence-corrected chi connectivity index (χ3v) is 7.80. The van der Waals surface area contributed by atoms with Crippen molar-refractivity contribution in [3.05, 3.63) is 41.8 Å². The predicted molar refractivity (Wildman–Crippen MR) is 111 cm³/mol. The Balaban J connectivity index is 1.46. The minimum atomic E-state index is -3.56. The number of benzene rings is 1. The number of anilines is 1. The second kappa shape index (κ2) is 8.93. The number of carbonyl (C=O) groups excluding carboxylic acids is 1. The van der Waals surface area contributed by atoms with E-state index in [0.717, 1.165) is 6.54 Å². The first kappa shape index (κ1) is 20.6. The number of sulfonamides is 1. The highest BCUT2D eigenvalue weighted by atomic mass is 32.2. The van der Waals surface area contributed by atoms with Crippen LogP contribution in [0.2, 0.25) is 0 Å². The molecule has 1 aliphatic rings. The number of hydrogen-bond acceptors (Lipinski definition) is 6. The van der Waals surface area contributed by atoms with E-state index in [1.54, 1.807) is 41.8 Å². The normalized spacial score (nSPS) is 14.1. The Morgan fingerprint density at radius 1 is 1.21 bits per heavy atom. The molecule has 1 heterocycles. The Hall–Kier alpha value is -2.10. The standard InChI is InChI=1S/C19H25N3O4S2/c1-21(15-5-6-15)12-11-20-18(23)14-26-17-9-7-16(8-10-17)22(2)28(24,25)19-4-3-13-27-19/h3-4,7-10,13,15H,5-6,11-12,14H2,1-2H3,(H,20,23). The molecule has 28 heavy (non-hydrogen) atoms. The Labute approximate surface area is 170 Å². The highest BCUT2D eigenvalue weighted by Crippen LogP contribution is 2.26. The molecule has 9 heteroatoms. The van der Waals surface area contributed by atoms with E-state index in [1.165, 1.54) is 35.5 Å². The largest absolute Gasteiger partial charge is 0.484 e. The summed E-state index contributed by atoms with van der Waals surface area (Å²) in [6, 6.07) is 10.6. The molecule has 1 fully saturated rings. The second-order valence-corrected chi connectivity index (χ2v) is 9.89. The molecular weight excluding hydrogens is 398 g/mol. The lowest BCUT2D eigenvalue weighted by Gasteiger charge is -2.18. The maximum Gasteiger partial charge on any atom is 0.273 e. The molecule has 1 saturated carbocycles. The number of nitrogens with zero attached hydrogens (tertiary/aromatic N) is 2. The van der Waals surface area contributed by atoms with Crippen LogP contribution in [0, 0.1) is 0 Å². The molecule has 7 nitrogen and oxygen atoms in total. The van der Waals surface area contributed by atoms with Crippen LogP contribution >= 0.6 is 11.3 Å². The van der Waals surface area contributed by atoms with Gasteiger partial charge in [-0.05, 0) is 55.6 Å². The molecule has 2 aromatic rings. The monoisotopic (exact) mass is 423 g/mol.